The van der Waals surface area contributed by atoms with Crippen LogP contribution >= 0.6 is 0 Å². The molecule has 2 rings (SSSR count). The first-order chi connectivity index (χ1) is 8.79. The maximum absolute atomic E-state index is 9.80. The zero-order chi connectivity index (χ0) is 12.8. The Kier molecular flexibility index (Phi) is 4.24. The van der Waals surface area contributed by atoms with Crippen molar-refractivity contribution in [1.29, 1.82) is 0 Å². The minimum absolute atomic E-state index is 0.391. The zero-order valence-electron chi connectivity index (χ0n) is 10.7. The van der Waals surface area contributed by atoms with Crippen LogP contribution in [0.4, 0.5) is 11.4 Å². The molecule has 0 spiro atoms. The molecule has 0 bridgehead atoms. The minimum atomic E-state index is 0.391. The van der Waals surface area contributed by atoms with Gasteiger partial charge in [-0.05, 0) is 48.7 Å². The van der Waals surface area contributed by atoms with Crippen LogP contribution in [0.3, 0.4) is 0 Å². The lowest BCUT2D eigenvalue weighted by atomic mass is 10.1. The minimum Gasteiger partial charge on any atom is -0.508 e. The van der Waals surface area contributed by atoms with Crippen molar-refractivity contribution in [3.05, 3.63) is 54.1 Å². The van der Waals surface area contributed by atoms with E-state index in [9.17, 15) is 5.11 Å². The number of aromatic hydroxyl groups is 1. The van der Waals surface area contributed by atoms with E-state index in [2.05, 4.69) is 12.2 Å². The maximum Gasteiger partial charge on any atom is 0.118 e. The van der Waals surface area contributed by atoms with Gasteiger partial charge in [-0.3, -0.25) is 0 Å². The summed E-state index contributed by atoms with van der Waals surface area (Å²) in [5.41, 5.74) is 3.09. The first-order valence-electron chi connectivity index (χ1n) is 6.43. The van der Waals surface area contributed by atoms with Gasteiger partial charge in [0.1, 0.15) is 5.75 Å². The molecule has 94 valence electrons. The van der Waals surface area contributed by atoms with E-state index >= 15 is 0 Å². The molecule has 2 N–H and O–H groups in total. The Morgan fingerprint density at radius 1 is 1.00 bits per heavy atom. The molecule has 0 heterocycles. The van der Waals surface area contributed by atoms with E-state index in [0.29, 0.717) is 5.75 Å². The average Bonchev–Trinajstić information content (AvgIpc) is 2.40. The van der Waals surface area contributed by atoms with Crippen molar-refractivity contribution in [1.82, 2.24) is 0 Å². The van der Waals surface area contributed by atoms with Crippen LogP contribution in [0.5, 0.6) is 5.75 Å². The van der Waals surface area contributed by atoms with Gasteiger partial charge in [-0.2, -0.15) is 0 Å². The quantitative estimate of drug-likeness (QED) is 0.756. The summed E-state index contributed by atoms with van der Waals surface area (Å²) in [6.07, 6.45) is 3.16. The monoisotopic (exact) mass is 241 g/mol. The first-order valence-corrected chi connectivity index (χ1v) is 6.43. The summed E-state index contributed by atoms with van der Waals surface area (Å²) < 4.78 is 0. The number of rotatable bonds is 5. The largest absolute Gasteiger partial charge is 0.508 e. The van der Waals surface area contributed by atoms with Crippen LogP contribution in [-0.2, 0) is 6.42 Å². The van der Waals surface area contributed by atoms with Crippen LogP contribution in [0.2, 0.25) is 0 Å². The molecule has 0 fully saturated rings. The van der Waals surface area contributed by atoms with E-state index in [0.717, 1.165) is 36.2 Å². The lowest BCUT2D eigenvalue weighted by Gasteiger charge is -2.10. The Hall–Kier alpha value is -1.96. The number of phenols is 1. The molecule has 0 aliphatic heterocycles. The molecule has 0 saturated heterocycles. The number of hydrogen-bond donors (Lipinski definition) is 2. The fourth-order valence-electron chi connectivity index (χ4n) is 1.92. The highest BCUT2D eigenvalue weighted by Gasteiger charge is 2.02. The maximum atomic E-state index is 9.80. The second kappa shape index (κ2) is 6.10. The van der Waals surface area contributed by atoms with Gasteiger partial charge in [0.05, 0.1) is 0 Å². The first kappa shape index (κ1) is 12.5. The number of nitrogens with one attached hydrogen (secondary N) is 1. The third kappa shape index (κ3) is 3.27. The van der Waals surface area contributed by atoms with Crippen molar-refractivity contribution >= 4 is 11.4 Å². The van der Waals surface area contributed by atoms with Crippen molar-refractivity contribution in [3.63, 3.8) is 0 Å². The number of anilines is 2. The smallest absolute Gasteiger partial charge is 0.118 e. The lowest BCUT2D eigenvalue weighted by Crippen LogP contribution is -1.92. The average molecular weight is 241 g/mol. The summed E-state index contributed by atoms with van der Waals surface area (Å²) in [4.78, 5) is 0. The molecule has 0 aromatic heterocycles. The van der Waals surface area contributed by atoms with Gasteiger partial charge >= 0.3 is 0 Å². The van der Waals surface area contributed by atoms with Crippen molar-refractivity contribution in [2.24, 2.45) is 0 Å². The van der Waals surface area contributed by atoms with Crippen LogP contribution in [-0.4, -0.2) is 5.11 Å². The van der Waals surface area contributed by atoms with Crippen molar-refractivity contribution in [2.75, 3.05) is 5.32 Å². The molecule has 2 heteroatoms. The van der Waals surface area contributed by atoms with Crippen LogP contribution in [0.1, 0.15) is 25.3 Å². The van der Waals surface area contributed by atoms with Crippen LogP contribution < -0.4 is 5.32 Å². The Bertz CT molecular complexity index is 494. The molecule has 2 aromatic rings. The number of aryl methyl sites for hydroxylation is 1. The summed E-state index contributed by atoms with van der Waals surface area (Å²) in [7, 11) is 0. The molecule has 0 atom stereocenters. The SMILES string of the molecule is CCCCc1cc(Nc2ccccc2)ccc1O. The molecule has 0 radical (unpaired) electrons. The molecule has 0 aliphatic carbocycles. The predicted molar refractivity (Wildman–Crippen MR) is 76.4 cm³/mol. The Morgan fingerprint density at radius 2 is 1.78 bits per heavy atom. The summed E-state index contributed by atoms with van der Waals surface area (Å²) in [5, 5.41) is 13.1. The normalized spacial score (nSPS) is 10.3. The summed E-state index contributed by atoms with van der Waals surface area (Å²) in [6, 6.07) is 15.7. The summed E-state index contributed by atoms with van der Waals surface area (Å²) in [6.45, 7) is 2.16. The van der Waals surface area contributed by atoms with Gasteiger partial charge in [-0.1, -0.05) is 31.5 Å². The van der Waals surface area contributed by atoms with E-state index < -0.39 is 0 Å². The van der Waals surface area contributed by atoms with Crippen molar-refractivity contribution in [3.8, 4) is 5.75 Å². The van der Waals surface area contributed by atoms with Gasteiger partial charge in [0, 0.05) is 11.4 Å². The highest BCUT2D eigenvalue weighted by Crippen LogP contribution is 2.25. The summed E-state index contributed by atoms with van der Waals surface area (Å²) in [5.74, 6) is 0.391. The Morgan fingerprint density at radius 3 is 2.50 bits per heavy atom. The molecule has 0 unspecified atom stereocenters. The van der Waals surface area contributed by atoms with Gasteiger partial charge in [0.15, 0.2) is 0 Å². The third-order valence-corrected chi connectivity index (χ3v) is 2.94. The van der Waals surface area contributed by atoms with Crippen LogP contribution in [0.15, 0.2) is 48.5 Å². The third-order valence-electron chi connectivity index (χ3n) is 2.94. The van der Waals surface area contributed by atoms with Gasteiger partial charge in [-0.15, -0.1) is 0 Å². The van der Waals surface area contributed by atoms with E-state index in [4.69, 9.17) is 0 Å². The fraction of sp³-hybridized carbons (Fsp3) is 0.250. The number of hydrogen-bond acceptors (Lipinski definition) is 2. The van der Waals surface area contributed by atoms with Crippen molar-refractivity contribution < 1.29 is 5.11 Å². The van der Waals surface area contributed by atoms with Gasteiger partial charge in [-0.25, -0.2) is 0 Å². The lowest BCUT2D eigenvalue weighted by molar-refractivity contribution is 0.467. The summed E-state index contributed by atoms with van der Waals surface area (Å²) >= 11 is 0. The van der Waals surface area contributed by atoms with Gasteiger partial charge in [0.25, 0.3) is 0 Å². The van der Waals surface area contributed by atoms with E-state index in [1.54, 1.807) is 6.07 Å². The molecule has 0 aliphatic rings. The second-order valence-corrected chi connectivity index (χ2v) is 4.44. The Balaban J connectivity index is 2.14. The van der Waals surface area contributed by atoms with E-state index in [1.165, 1.54) is 0 Å². The number of unbranched alkanes of at least 4 members (excludes halogenated alkanes) is 1. The van der Waals surface area contributed by atoms with Gasteiger partial charge in [0.2, 0.25) is 0 Å². The van der Waals surface area contributed by atoms with Crippen molar-refractivity contribution in [2.45, 2.75) is 26.2 Å². The number of para-hydroxylation sites is 1. The van der Waals surface area contributed by atoms with E-state index in [1.807, 2.05) is 42.5 Å². The molecule has 0 amide bonds. The highest BCUT2D eigenvalue weighted by molar-refractivity contribution is 5.61. The van der Waals surface area contributed by atoms with E-state index in [-0.39, 0.29) is 0 Å². The number of benzene rings is 2. The molecular formula is C16H19NO. The molecule has 18 heavy (non-hydrogen) atoms. The predicted octanol–water partition coefficient (Wildman–Crippen LogP) is 4.48. The molecule has 0 saturated carbocycles. The Labute approximate surface area is 108 Å². The second-order valence-electron chi connectivity index (χ2n) is 4.44. The standard InChI is InChI=1S/C16H19NO/c1-2-3-7-13-12-15(10-11-16(13)18)17-14-8-5-4-6-9-14/h4-6,8-12,17-18H,2-3,7H2,1H3. The highest BCUT2D eigenvalue weighted by atomic mass is 16.3. The molecular weight excluding hydrogens is 222 g/mol. The fourth-order valence-corrected chi connectivity index (χ4v) is 1.92. The number of phenolic OH excluding ortho intramolecular Hbond substituents is 1. The van der Waals surface area contributed by atoms with Crippen LogP contribution in [0, 0.1) is 0 Å². The van der Waals surface area contributed by atoms with Crippen LogP contribution in [0.25, 0.3) is 0 Å². The van der Waals surface area contributed by atoms with Gasteiger partial charge < -0.3 is 10.4 Å². The zero-order valence-corrected chi connectivity index (χ0v) is 10.7. The molecule has 2 aromatic carbocycles. The topological polar surface area (TPSA) is 32.3 Å². The molecule has 2 nitrogen and oxygen atoms in total.